The molecule has 4 aliphatic rings. The molecule has 5 unspecified atom stereocenters. The standard InChI is InChI=1S/C25H20N2O4/c1-13-6-11-18-19(12-13)21-17-5-3-2-4-16(17)20(18)22-23(21)25(29)26(24(22)28)14-7-9-15(10-8-14)27(30)31/h2-12,20-23,27,30H,1H3. The van der Waals surface area contributed by atoms with Crippen LogP contribution in [0.25, 0.3) is 0 Å². The lowest BCUT2D eigenvalue weighted by molar-refractivity contribution is -0.991. The van der Waals surface area contributed by atoms with Crippen LogP contribution in [-0.2, 0) is 9.59 Å². The summed E-state index contributed by atoms with van der Waals surface area (Å²) in [6, 6.07) is 20.4. The molecule has 3 aromatic carbocycles. The highest BCUT2D eigenvalue weighted by Gasteiger charge is 2.61. The molecule has 7 rings (SSSR count). The average Bonchev–Trinajstić information content (AvgIpc) is 3.04. The predicted molar refractivity (Wildman–Crippen MR) is 113 cm³/mol. The zero-order chi connectivity index (χ0) is 21.4. The fourth-order valence-electron chi connectivity index (χ4n) is 5.85. The van der Waals surface area contributed by atoms with Gasteiger partial charge in [-0.3, -0.25) is 9.59 Å². The van der Waals surface area contributed by atoms with Gasteiger partial charge in [0, 0.05) is 24.0 Å². The van der Waals surface area contributed by atoms with E-state index >= 15 is 0 Å². The Kier molecular flexibility index (Phi) is 3.77. The fraction of sp³-hybridized carbons (Fsp3) is 0.200. The lowest BCUT2D eigenvalue weighted by atomic mass is 9.55. The normalized spacial score (nSPS) is 26.5. The van der Waals surface area contributed by atoms with Crippen LogP contribution in [0.3, 0.4) is 0 Å². The Balaban J connectivity index is 1.51. The molecule has 6 nitrogen and oxygen atoms in total. The second-order valence-electron chi connectivity index (χ2n) is 8.63. The van der Waals surface area contributed by atoms with E-state index in [0.29, 0.717) is 5.69 Å². The number of nitrogens with zero attached hydrogens (tertiary/aromatic N) is 1. The molecule has 0 saturated carbocycles. The maximum Gasteiger partial charge on any atom is 0.238 e. The summed E-state index contributed by atoms with van der Waals surface area (Å²) in [6.45, 7) is 2.05. The maximum atomic E-state index is 13.7. The minimum Gasteiger partial charge on any atom is -0.595 e. The molecule has 1 aliphatic heterocycles. The van der Waals surface area contributed by atoms with Gasteiger partial charge in [-0.2, -0.15) is 5.23 Å². The van der Waals surface area contributed by atoms with E-state index in [-0.39, 0.29) is 29.3 Å². The summed E-state index contributed by atoms with van der Waals surface area (Å²) in [5, 5.41) is 19.3. The van der Waals surface area contributed by atoms with E-state index < -0.39 is 17.1 Å². The third-order valence-corrected chi connectivity index (χ3v) is 7.07. The molecule has 2 amide bonds. The molecule has 3 aliphatic carbocycles. The SMILES string of the molecule is Cc1ccc2c(c1)C1c3ccccc3C2C2C(=O)N(c3ccc([NH+]([O-])O)cc3)C(=O)C12. The molecule has 1 saturated heterocycles. The lowest BCUT2D eigenvalue weighted by Gasteiger charge is -2.46. The Bertz CT molecular complexity index is 1250. The molecule has 1 fully saturated rings. The van der Waals surface area contributed by atoms with Crippen LogP contribution in [0, 0.1) is 24.0 Å². The molecule has 154 valence electrons. The van der Waals surface area contributed by atoms with Crippen LogP contribution in [-0.4, -0.2) is 17.0 Å². The Labute approximate surface area is 178 Å². The second-order valence-corrected chi connectivity index (χ2v) is 8.63. The van der Waals surface area contributed by atoms with Crippen molar-refractivity contribution in [1.82, 2.24) is 0 Å². The van der Waals surface area contributed by atoms with E-state index in [4.69, 9.17) is 5.21 Å². The minimum absolute atomic E-state index is 0.121. The van der Waals surface area contributed by atoms with Crippen LogP contribution in [0.5, 0.6) is 0 Å². The number of carbonyl (C=O) groups is 2. The van der Waals surface area contributed by atoms with Crippen molar-refractivity contribution in [1.29, 1.82) is 0 Å². The first-order valence-electron chi connectivity index (χ1n) is 10.4. The Morgan fingerprint density at radius 2 is 1.35 bits per heavy atom. The van der Waals surface area contributed by atoms with Crippen molar-refractivity contribution in [2.75, 3.05) is 4.90 Å². The van der Waals surface area contributed by atoms with E-state index in [1.807, 2.05) is 19.1 Å². The van der Waals surface area contributed by atoms with Gasteiger partial charge in [-0.05, 0) is 41.3 Å². The van der Waals surface area contributed by atoms with E-state index in [9.17, 15) is 14.8 Å². The summed E-state index contributed by atoms with van der Waals surface area (Å²) >= 11 is 0. The molecule has 0 aromatic heterocycles. The summed E-state index contributed by atoms with van der Waals surface area (Å²) in [7, 11) is 0. The van der Waals surface area contributed by atoms with Gasteiger partial charge in [0.25, 0.3) is 0 Å². The number of rotatable bonds is 2. The first kappa shape index (κ1) is 18.4. The smallest absolute Gasteiger partial charge is 0.238 e. The molecule has 0 radical (unpaired) electrons. The minimum atomic E-state index is -1.04. The summed E-state index contributed by atoms with van der Waals surface area (Å²) in [6.07, 6.45) is 0. The van der Waals surface area contributed by atoms with Crippen LogP contribution in [0.15, 0.2) is 66.7 Å². The molecule has 3 aromatic rings. The topological polar surface area (TPSA) is 85.1 Å². The van der Waals surface area contributed by atoms with Crippen molar-refractivity contribution in [3.05, 3.63) is 99.8 Å². The van der Waals surface area contributed by atoms with Crippen LogP contribution < -0.4 is 10.1 Å². The first-order chi connectivity index (χ1) is 15.0. The van der Waals surface area contributed by atoms with E-state index in [1.54, 1.807) is 12.1 Å². The van der Waals surface area contributed by atoms with E-state index in [2.05, 4.69) is 30.3 Å². The fourth-order valence-corrected chi connectivity index (χ4v) is 5.85. The zero-order valence-corrected chi connectivity index (χ0v) is 16.8. The monoisotopic (exact) mass is 412 g/mol. The number of nitrogens with one attached hydrogen (secondary N) is 1. The van der Waals surface area contributed by atoms with Crippen LogP contribution in [0.1, 0.15) is 39.7 Å². The van der Waals surface area contributed by atoms with Crippen molar-refractivity contribution in [2.45, 2.75) is 18.8 Å². The number of hydrogen-bond donors (Lipinski definition) is 2. The zero-order valence-electron chi connectivity index (χ0n) is 16.8. The maximum absolute atomic E-state index is 13.7. The van der Waals surface area contributed by atoms with Crippen molar-refractivity contribution in [3.63, 3.8) is 0 Å². The third kappa shape index (κ3) is 2.38. The van der Waals surface area contributed by atoms with Gasteiger partial charge in [0.1, 0.15) is 0 Å². The molecule has 2 bridgehead atoms. The predicted octanol–water partition coefficient (Wildman–Crippen LogP) is 2.80. The Morgan fingerprint density at radius 1 is 0.806 bits per heavy atom. The number of hydrogen-bond acceptors (Lipinski definition) is 4. The summed E-state index contributed by atoms with van der Waals surface area (Å²) < 4.78 is 0. The highest BCUT2D eigenvalue weighted by molar-refractivity contribution is 6.23. The lowest BCUT2D eigenvalue weighted by Crippen LogP contribution is -2.99. The largest absolute Gasteiger partial charge is 0.595 e. The van der Waals surface area contributed by atoms with Gasteiger partial charge < -0.3 is 5.21 Å². The molecule has 2 N–H and O–H groups in total. The van der Waals surface area contributed by atoms with Gasteiger partial charge in [0.05, 0.1) is 17.5 Å². The van der Waals surface area contributed by atoms with Gasteiger partial charge in [-0.25, -0.2) is 10.1 Å². The number of carbonyl (C=O) groups excluding carboxylic acids is 2. The van der Waals surface area contributed by atoms with Crippen LogP contribution >= 0.6 is 0 Å². The summed E-state index contributed by atoms with van der Waals surface area (Å²) in [4.78, 5) is 28.6. The Morgan fingerprint density at radius 3 is 1.94 bits per heavy atom. The van der Waals surface area contributed by atoms with Crippen molar-refractivity contribution in [3.8, 4) is 0 Å². The molecule has 5 atom stereocenters. The van der Waals surface area contributed by atoms with Gasteiger partial charge >= 0.3 is 0 Å². The molecular formula is C25H20N2O4. The number of amides is 2. The van der Waals surface area contributed by atoms with Gasteiger partial charge in [-0.1, -0.05) is 48.0 Å². The quantitative estimate of drug-likeness (QED) is 0.501. The van der Waals surface area contributed by atoms with Crippen molar-refractivity contribution in [2.24, 2.45) is 11.8 Å². The van der Waals surface area contributed by atoms with Gasteiger partial charge in [-0.15, -0.1) is 0 Å². The van der Waals surface area contributed by atoms with Crippen LogP contribution in [0.2, 0.25) is 0 Å². The van der Waals surface area contributed by atoms with E-state index in [1.165, 1.54) is 17.0 Å². The van der Waals surface area contributed by atoms with Crippen molar-refractivity contribution >= 4 is 23.2 Å². The number of anilines is 1. The van der Waals surface area contributed by atoms with Crippen molar-refractivity contribution < 1.29 is 20.0 Å². The highest BCUT2D eigenvalue weighted by Crippen LogP contribution is 2.61. The molecule has 6 heteroatoms. The number of imide groups is 1. The first-order valence-corrected chi connectivity index (χ1v) is 10.4. The summed E-state index contributed by atoms with van der Waals surface area (Å²) in [5.41, 5.74) is 6.24. The molecule has 1 heterocycles. The number of quaternary nitrogens is 1. The number of benzene rings is 3. The second kappa shape index (κ2) is 6.34. The Hall–Kier alpha value is -3.32. The van der Waals surface area contributed by atoms with Crippen LogP contribution in [0.4, 0.5) is 11.4 Å². The van der Waals surface area contributed by atoms with Gasteiger partial charge in [0.2, 0.25) is 11.8 Å². The average molecular weight is 412 g/mol. The summed E-state index contributed by atoms with van der Waals surface area (Å²) in [5.74, 6) is -1.59. The third-order valence-electron chi connectivity index (χ3n) is 7.07. The number of aryl methyl sites for hydroxylation is 1. The van der Waals surface area contributed by atoms with Gasteiger partial charge in [0.15, 0.2) is 5.69 Å². The highest BCUT2D eigenvalue weighted by atomic mass is 16.8. The molecule has 0 spiro atoms. The molecule has 31 heavy (non-hydrogen) atoms. The van der Waals surface area contributed by atoms with E-state index in [0.717, 1.165) is 27.8 Å². The molecular weight excluding hydrogens is 392 g/mol.